The van der Waals surface area contributed by atoms with Gasteiger partial charge in [-0.2, -0.15) is 0 Å². The summed E-state index contributed by atoms with van der Waals surface area (Å²) in [6, 6.07) is 3.15. The SMILES string of the molecule is C=C(CNC)COc1cc(Cl)c(Cl)cc1Cl. The van der Waals surface area contributed by atoms with Gasteiger partial charge in [-0.25, -0.2) is 0 Å². The van der Waals surface area contributed by atoms with Crippen molar-refractivity contribution in [3.63, 3.8) is 0 Å². The molecule has 0 aliphatic carbocycles. The van der Waals surface area contributed by atoms with Crippen LogP contribution >= 0.6 is 34.8 Å². The summed E-state index contributed by atoms with van der Waals surface area (Å²) in [6.07, 6.45) is 0. The normalized spacial score (nSPS) is 10.2. The van der Waals surface area contributed by atoms with Crippen LogP contribution in [0.3, 0.4) is 0 Å². The molecule has 0 fully saturated rings. The number of benzene rings is 1. The minimum absolute atomic E-state index is 0.387. The van der Waals surface area contributed by atoms with Crippen LogP contribution in [0.2, 0.25) is 15.1 Å². The van der Waals surface area contributed by atoms with Crippen LogP contribution in [-0.4, -0.2) is 20.2 Å². The molecule has 0 saturated heterocycles. The highest BCUT2D eigenvalue weighted by atomic mass is 35.5. The minimum atomic E-state index is 0.387. The van der Waals surface area contributed by atoms with Gasteiger partial charge in [0.05, 0.1) is 15.1 Å². The van der Waals surface area contributed by atoms with Gasteiger partial charge in [-0.3, -0.25) is 0 Å². The lowest BCUT2D eigenvalue weighted by Crippen LogP contribution is -2.14. The van der Waals surface area contributed by atoms with Gasteiger partial charge >= 0.3 is 0 Å². The fraction of sp³-hybridized carbons (Fsp3) is 0.273. The summed E-state index contributed by atoms with van der Waals surface area (Å²) in [7, 11) is 1.84. The molecule has 0 radical (unpaired) electrons. The number of hydrogen-bond acceptors (Lipinski definition) is 2. The molecule has 1 aromatic rings. The van der Waals surface area contributed by atoms with Crippen molar-refractivity contribution < 1.29 is 4.74 Å². The molecule has 1 N–H and O–H groups in total. The van der Waals surface area contributed by atoms with Crippen molar-refractivity contribution in [3.05, 3.63) is 39.4 Å². The number of rotatable bonds is 5. The minimum Gasteiger partial charge on any atom is -0.488 e. The van der Waals surface area contributed by atoms with Crippen molar-refractivity contribution in [2.75, 3.05) is 20.2 Å². The molecule has 88 valence electrons. The Balaban J connectivity index is 2.67. The standard InChI is InChI=1S/C11H12Cl3NO/c1-7(5-15-2)6-16-11-4-9(13)8(12)3-10(11)14/h3-4,15H,1,5-6H2,2H3. The van der Waals surface area contributed by atoms with Crippen molar-refractivity contribution in [2.24, 2.45) is 0 Å². The summed E-state index contributed by atoms with van der Waals surface area (Å²) >= 11 is 17.6. The summed E-state index contributed by atoms with van der Waals surface area (Å²) in [6.45, 7) is 4.92. The van der Waals surface area contributed by atoms with E-state index < -0.39 is 0 Å². The highest BCUT2D eigenvalue weighted by molar-refractivity contribution is 6.43. The highest BCUT2D eigenvalue weighted by Crippen LogP contribution is 2.33. The van der Waals surface area contributed by atoms with E-state index >= 15 is 0 Å². The van der Waals surface area contributed by atoms with Crippen LogP contribution in [0.25, 0.3) is 0 Å². The van der Waals surface area contributed by atoms with E-state index in [9.17, 15) is 0 Å². The van der Waals surface area contributed by atoms with Gasteiger partial charge in [0.1, 0.15) is 12.4 Å². The van der Waals surface area contributed by atoms with Crippen molar-refractivity contribution in [3.8, 4) is 5.75 Å². The van der Waals surface area contributed by atoms with Crippen LogP contribution in [0.5, 0.6) is 5.75 Å². The van der Waals surface area contributed by atoms with E-state index in [1.807, 2.05) is 7.05 Å². The van der Waals surface area contributed by atoms with Gasteiger partial charge in [0.2, 0.25) is 0 Å². The second kappa shape index (κ2) is 6.36. The van der Waals surface area contributed by atoms with Crippen molar-refractivity contribution >= 4 is 34.8 Å². The van der Waals surface area contributed by atoms with Crippen LogP contribution in [-0.2, 0) is 0 Å². The Morgan fingerprint density at radius 2 is 1.88 bits per heavy atom. The number of ether oxygens (including phenoxy) is 1. The smallest absolute Gasteiger partial charge is 0.139 e. The monoisotopic (exact) mass is 279 g/mol. The predicted molar refractivity (Wildman–Crippen MR) is 70.0 cm³/mol. The van der Waals surface area contributed by atoms with E-state index in [1.165, 1.54) is 0 Å². The lowest BCUT2D eigenvalue weighted by molar-refractivity contribution is 0.349. The molecule has 0 atom stereocenters. The summed E-state index contributed by atoms with van der Waals surface area (Å²) in [4.78, 5) is 0. The fourth-order valence-corrected chi connectivity index (χ4v) is 1.69. The van der Waals surface area contributed by atoms with Gasteiger partial charge in [-0.05, 0) is 18.7 Å². The van der Waals surface area contributed by atoms with Gasteiger partial charge in [0, 0.05) is 12.6 Å². The molecule has 1 aromatic carbocycles. The maximum absolute atomic E-state index is 5.95. The molecule has 0 spiro atoms. The van der Waals surface area contributed by atoms with E-state index in [0.29, 0.717) is 34.0 Å². The molecule has 2 nitrogen and oxygen atoms in total. The zero-order valence-corrected chi connectivity index (χ0v) is 11.1. The summed E-state index contributed by atoms with van der Waals surface area (Å²) in [5.74, 6) is 0.508. The molecule has 1 rings (SSSR count). The summed E-state index contributed by atoms with van der Waals surface area (Å²) in [5, 5.41) is 4.24. The van der Waals surface area contributed by atoms with Crippen LogP contribution in [0, 0.1) is 0 Å². The average Bonchev–Trinajstić information content (AvgIpc) is 2.22. The van der Waals surface area contributed by atoms with E-state index in [1.54, 1.807) is 12.1 Å². The van der Waals surface area contributed by atoms with Crippen molar-refractivity contribution in [1.82, 2.24) is 5.32 Å². The molecule has 0 amide bonds. The Hall–Kier alpha value is -0.410. The summed E-state index contributed by atoms with van der Waals surface area (Å²) < 4.78 is 5.47. The first-order valence-corrected chi connectivity index (χ1v) is 5.76. The van der Waals surface area contributed by atoms with E-state index in [0.717, 1.165) is 5.57 Å². The molecule has 0 aromatic heterocycles. The first-order valence-electron chi connectivity index (χ1n) is 4.63. The third-order valence-electron chi connectivity index (χ3n) is 1.83. The van der Waals surface area contributed by atoms with E-state index in [4.69, 9.17) is 39.5 Å². The van der Waals surface area contributed by atoms with E-state index in [2.05, 4.69) is 11.9 Å². The van der Waals surface area contributed by atoms with Crippen molar-refractivity contribution in [1.29, 1.82) is 0 Å². The molecular formula is C11H12Cl3NO. The Kier molecular flexibility index (Phi) is 5.42. The summed E-state index contributed by atoms with van der Waals surface area (Å²) in [5.41, 5.74) is 0.921. The number of hydrogen-bond donors (Lipinski definition) is 1. The molecule has 5 heteroatoms. The molecule has 0 aliphatic rings. The Labute approximate surface area is 110 Å². The van der Waals surface area contributed by atoms with Gasteiger partial charge in [-0.15, -0.1) is 0 Å². The average molecular weight is 281 g/mol. The molecule has 0 aliphatic heterocycles. The van der Waals surface area contributed by atoms with Gasteiger partial charge in [-0.1, -0.05) is 41.4 Å². The van der Waals surface area contributed by atoms with Gasteiger partial charge in [0.15, 0.2) is 0 Å². The molecule has 0 saturated carbocycles. The maximum atomic E-state index is 5.95. The number of halogens is 3. The third kappa shape index (κ3) is 3.87. The van der Waals surface area contributed by atoms with Crippen LogP contribution in [0.4, 0.5) is 0 Å². The molecule has 16 heavy (non-hydrogen) atoms. The Morgan fingerprint density at radius 3 is 2.50 bits per heavy atom. The highest BCUT2D eigenvalue weighted by Gasteiger charge is 2.07. The Bertz CT molecular complexity index is 393. The number of nitrogens with one attached hydrogen (secondary N) is 1. The topological polar surface area (TPSA) is 21.3 Å². The second-order valence-electron chi connectivity index (χ2n) is 3.27. The van der Waals surface area contributed by atoms with Crippen LogP contribution in [0.1, 0.15) is 0 Å². The predicted octanol–water partition coefficient (Wildman–Crippen LogP) is 3.80. The molecule has 0 heterocycles. The fourth-order valence-electron chi connectivity index (χ4n) is 1.10. The lowest BCUT2D eigenvalue weighted by atomic mass is 10.3. The van der Waals surface area contributed by atoms with Gasteiger partial charge < -0.3 is 10.1 Å². The zero-order valence-electron chi connectivity index (χ0n) is 8.82. The first kappa shape index (κ1) is 13.7. The zero-order chi connectivity index (χ0) is 12.1. The van der Waals surface area contributed by atoms with Gasteiger partial charge in [0.25, 0.3) is 0 Å². The molecule has 0 unspecified atom stereocenters. The van der Waals surface area contributed by atoms with Crippen molar-refractivity contribution in [2.45, 2.75) is 0 Å². The maximum Gasteiger partial charge on any atom is 0.139 e. The second-order valence-corrected chi connectivity index (χ2v) is 4.49. The largest absolute Gasteiger partial charge is 0.488 e. The third-order valence-corrected chi connectivity index (χ3v) is 2.85. The quantitative estimate of drug-likeness (QED) is 0.654. The van der Waals surface area contributed by atoms with Crippen LogP contribution in [0.15, 0.2) is 24.3 Å². The lowest BCUT2D eigenvalue weighted by Gasteiger charge is -2.10. The van der Waals surface area contributed by atoms with E-state index in [-0.39, 0.29) is 0 Å². The molecular weight excluding hydrogens is 268 g/mol. The molecule has 0 bridgehead atoms. The Morgan fingerprint density at radius 1 is 1.25 bits per heavy atom. The first-order chi connectivity index (χ1) is 7.54. The van der Waals surface area contributed by atoms with Crippen LogP contribution < -0.4 is 10.1 Å². The number of likely N-dealkylation sites (N-methyl/N-ethyl adjacent to an activating group) is 1.